The molecule has 2 bridgehead atoms. The molecule has 114 valence electrons. The zero-order valence-corrected chi connectivity index (χ0v) is 12.8. The fraction of sp³-hybridized carbons (Fsp3) is 0.733. The number of hydrogen-bond donors (Lipinski definition) is 1. The van der Waals surface area contributed by atoms with Crippen molar-refractivity contribution in [2.24, 2.45) is 11.7 Å². The molecule has 2 N–H and O–H groups in total. The minimum Gasteiger partial charge on any atom is -0.360 e. The number of aromatic nitrogens is 2. The van der Waals surface area contributed by atoms with Crippen LogP contribution < -0.4 is 16.2 Å². The fourth-order valence-corrected chi connectivity index (χ4v) is 4.17. The van der Waals surface area contributed by atoms with Gasteiger partial charge in [-0.15, -0.1) is 0 Å². The Balaban J connectivity index is 1.72. The van der Waals surface area contributed by atoms with Gasteiger partial charge in [0.1, 0.15) is 5.69 Å². The molecule has 3 heterocycles. The van der Waals surface area contributed by atoms with E-state index in [4.69, 9.17) is 17.3 Å². The van der Waals surface area contributed by atoms with E-state index >= 15 is 0 Å². The third-order valence-corrected chi connectivity index (χ3v) is 5.41. The summed E-state index contributed by atoms with van der Waals surface area (Å²) in [4.78, 5) is 15.0. The van der Waals surface area contributed by atoms with Crippen molar-refractivity contribution in [2.75, 3.05) is 4.90 Å². The first kappa shape index (κ1) is 13.6. The Bertz CT molecular complexity index is 598. The molecule has 1 aromatic heterocycles. The quantitative estimate of drug-likeness (QED) is 0.924. The summed E-state index contributed by atoms with van der Waals surface area (Å²) in [6, 6.07) is 0.981. The van der Waals surface area contributed by atoms with Crippen molar-refractivity contribution in [3.63, 3.8) is 0 Å². The van der Waals surface area contributed by atoms with Gasteiger partial charge in [-0.3, -0.25) is 4.79 Å². The molecular weight excluding hydrogens is 288 g/mol. The van der Waals surface area contributed by atoms with Gasteiger partial charge in [-0.05, 0) is 44.4 Å². The monoisotopic (exact) mass is 308 g/mol. The lowest BCUT2D eigenvalue weighted by molar-refractivity contribution is 0.411. The highest BCUT2D eigenvalue weighted by atomic mass is 35.5. The molecule has 0 aromatic carbocycles. The van der Waals surface area contributed by atoms with Crippen LogP contribution >= 0.6 is 11.6 Å². The first-order valence-electron chi connectivity index (χ1n) is 7.93. The predicted octanol–water partition coefficient (Wildman–Crippen LogP) is 1.77. The van der Waals surface area contributed by atoms with Crippen molar-refractivity contribution >= 4 is 17.3 Å². The van der Waals surface area contributed by atoms with Crippen LogP contribution in [0.5, 0.6) is 0 Å². The number of hydrogen-bond acceptors (Lipinski definition) is 4. The van der Waals surface area contributed by atoms with Gasteiger partial charge in [-0.2, -0.15) is 5.10 Å². The summed E-state index contributed by atoms with van der Waals surface area (Å²) in [6.45, 7) is 0.728. The number of piperidine rings is 1. The second-order valence-corrected chi connectivity index (χ2v) is 7.20. The van der Waals surface area contributed by atoms with E-state index in [0.717, 1.165) is 32.2 Å². The minimum absolute atomic E-state index is 0.0261. The van der Waals surface area contributed by atoms with Crippen molar-refractivity contribution in [1.29, 1.82) is 0 Å². The zero-order valence-electron chi connectivity index (χ0n) is 12.0. The molecule has 4 rings (SSSR count). The molecule has 1 aliphatic carbocycles. The summed E-state index contributed by atoms with van der Waals surface area (Å²) in [5.74, 6) is 0.621. The van der Waals surface area contributed by atoms with Gasteiger partial charge in [0.05, 0.1) is 11.2 Å². The van der Waals surface area contributed by atoms with Gasteiger partial charge in [-0.1, -0.05) is 11.6 Å². The summed E-state index contributed by atoms with van der Waals surface area (Å²) in [5.41, 5.74) is 6.75. The van der Waals surface area contributed by atoms with Crippen LogP contribution in [-0.4, -0.2) is 27.9 Å². The Morgan fingerprint density at radius 1 is 1.24 bits per heavy atom. The van der Waals surface area contributed by atoms with E-state index in [1.165, 1.54) is 12.8 Å². The lowest BCUT2D eigenvalue weighted by Crippen LogP contribution is -2.50. The third-order valence-electron chi connectivity index (χ3n) is 5.13. The molecule has 1 aromatic rings. The second-order valence-electron chi connectivity index (χ2n) is 6.80. The first-order valence-corrected chi connectivity index (χ1v) is 8.31. The van der Waals surface area contributed by atoms with Gasteiger partial charge in [0.15, 0.2) is 0 Å². The number of rotatable bonds is 3. The van der Waals surface area contributed by atoms with Gasteiger partial charge in [-0.25, -0.2) is 4.68 Å². The summed E-state index contributed by atoms with van der Waals surface area (Å²) in [5, 5.41) is 4.71. The molecule has 2 atom stereocenters. The molecule has 1 saturated carbocycles. The van der Waals surface area contributed by atoms with Crippen LogP contribution in [0.15, 0.2) is 11.0 Å². The molecule has 3 fully saturated rings. The molecule has 0 spiro atoms. The minimum atomic E-state index is -0.0261. The van der Waals surface area contributed by atoms with Crippen LogP contribution in [0.1, 0.15) is 38.5 Å². The van der Waals surface area contributed by atoms with Crippen LogP contribution in [0.2, 0.25) is 5.02 Å². The van der Waals surface area contributed by atoms with E-state index in [0.29, 0.717) is 28.7 Å². The van der Waals surface area contributed by atoms with E-state index in [2.05, 4.69) is 10.00 Å². The molecule has 21 heavy (non-hydrogen) atoms. The van der Waals surface area contributed by atoms with E-state index < -0.39 is 0 Å². The normalized spacial score (nSPS) is 31.7. The van der Waals surface area contributed by atoms with E-state index in [1.54, 1.807) is 10.9 Å². The largest absolute Gasteiger partial charge is 0.360 e. The van der Waals surface area contributed by atoms with Crippen molar-refractivity contribution in [3.05, 3.63) is 21.6 Å². The van der Waals surface area contributed by atoms with Crippen molar-refractivity contribution in [3.8, 4) is 0 Å². The summed E-state index contributed by atoms with van der Waals surface area (Å²) in [6.07, 6.45) is 8.17. The number of halogens is 1. The molecule has 2 aliphatic heterocycles. The molecule has 5 nitrogen and oxygen atoms in total. The maximum Gasteiger partial charge on any atom is 0.291 e. The third kappa shape index (κ3) is 2.36. The zero-order chi connectivity index (χ0) is 14.6. The Labute approximate surface area is 129 Å². The van der Waals surface area contributed by atoms with Gasteiger partial charge < -0.3 is 10.6 Å². The maximum atomic E-state index is 12.8. The topological polar surface area (TPSA) is 64.2 Å². The Kier molecular flexibility index (Phi) is 3.23. The molecular formula is C15H21ClN4O. The number of nitrogens with two attached hydrogens (primary N) is 1. The summed E-state index contributed by atoms with van der Waals surface area (Å²) >= 11 is 6.33. The van der Waals surface area contributed by atoms with E-state index in [-0.39, 0.29) is 11.6 Å². The molecule has 3 aliphatic rings. The molecule has 0 radical (unpaired) electrons. The standard InChI is InChI=1S/C15H21ClN4O/c16-13-7-18-19(8-9-1-2-9)15(21)14(13)20-11-3-4-12(20)6-10(17)5-11/h7,9-12H,1-6,8,17H2. The highest BCUT2D eigenvalue weighted by Gasteiger charge is 2.41. The van der Waals surface area contributed by atoms with E-state index in [1.807, 2.05) is 0 Å². The summed E-state index contributed by atoms with van der Waals surface area (Å²) in [7, 11) is 0. The first-order chi connectivity index (χ1) is 10.1. The van der Waals surface area contributed by atoms with Gasteiger partial charge in [0, 0.05) is 24.7 Å². The van der Waals surface area contributed by atoms with Crippen LogP contribution in [0, 0.1) is 5.92 Å². The molecule has 6 heteroatoms. The highest BCUT2D eigenvalue weighted by molar-refractivity contribution is 6.33. The lowest BCUT2D eigenvalue weighted by Gasteiger charge is -2.39. The highest BCUT2D eigenvalue weighted by Crippen LogP contribution is 2.40. The SMILES string of the molecule is NC1CC2CCC(C1)N2c1c(Cl)cnn(CC2CC2)c1=O. The molecule has 0 amide bonds. The maximum absolute atomic E-state index is 12.8. The van der Waals surface area contributed by atoms with E-state index in [9.17, 15) is 4.79 Å². The van der Waals surface area contributed by atoms with Crippen molar-refractivity contribution in [2.45, 2.75) is 63.2 Å². The van der Waals surface area contributed by atoms with Gasteiger partial charge in [0.2, 0.25) is 0 Å². The van der Waals surface area contributed by atoms with Crippen LogP contribution in [-0.2, 0) is 6.54 Å². The Hall–Kier alpha value is -1.07. The number of nitrogens with zero attached hydrogens (tertiary/aromatic N) is 3. The molecule has 2 unspecified atom stereocenters. The Morgan fingerprint density at radius 3 is 2.52 bits per heavy atom. The number of anilines is 1. The molecule has 2 saturated heterocycles. The second kappa shape index (κ2) is 4.99. The lowest BCUT2D eigenvalue weighted by atomic mass is 9.98. The predicted molar refractivity (Wildman–Crippen MR) is 82.7 cm³/mol. The van der Waals surface area contributed by atoms with Crippen LogP contribution in [0.25, 0.3) is 0 Å². The van der Waals surface area contributed by atoms with Crippen LogP contribution in [0.4, 0.5) is 5.69 Å². The fourth-order valence-electron chi connectivity index (χ4n) is 3.95. The summed E-state index contributed by atoms with van der Waals surface area (Å²) < 4.78 is 1.60. The average molecular weight is 309 g/mol. The Morgan fingerprint density at radius 2 is 1.90 bits per heavy atom. The average Bonchev–Trinajstić information content (AvgIpc) is 3.21. The van der Waals surface area contributed by atoms with Crippen molar-refractivity contribution in [1.82, 2.24) is 9.78 Å². The van der Waals surface area contributed by atoms with Crippen molar-refractivity contribution < 1.29 is 0 Å². The van der Waals surface area contributed by atoms with Gasteiger partial charge >= 0.3 is 0 Å². The number of fused-ring (bicyclic) bond motifs is 2. The van der Waals surface area contributed by atoms with Crippen LogP contribution in [0.3, 0.4) is 0 Å². The smallest absolute Gasteiger partial charge is 0.291 e. The van der Waals surface area contributed by atoms with Gasteiger partial charge in [0.25, 0.3) is 5.56 Å².